The maximum Gasteiger partial charge on any atom is 0.0947 e. The quantitative estimate of drug-likeness (QED) is 0.0765. The number of hydrogen-bond donors (Lipinski definition) is 0. The van der Waals surface area contributed by atoms with Gasteiger partial charge in [-0.15, -0.1) is 0 Å². The number of rotatable bonds is 15. The Bertz CT molecular complexity index is 2860. The molecule has 6 aromatic carbocycles. The highest BCUT2D eigenvalue weighted by atomic mass is 15.2. The molecular weight excluding hydrogens is 765 g/mol. The predicted octanol–water partition coefficient (Wildman–Crippen LogP) is 17.0. The summed E-state index contributed by atoms with van der Waals surface area (Å²) in [4.78, 5) is 4.67. The minimum absolute atomic E-state index is 0.353. The van der Waals surface area contributed by atoms with E-state index in [4.69, 9.17) is 0 Å². The summed E-state index contributed by atoms with van der Waals surface area (Å²) >= 11 is 0. The number of allylic oxidation sites excluding steroid dienone is 16. The van der Waals surface area contributed by atoms with E-state index in [2.05, 4.69) is 151 Å². The van der Waals surface area contributed by atoms with Crippen LogP contribution in [0.3, 0.4) is 0 Å². The third-order valence-corrected chi connectivity index (χ3v) is 10.7. The number of nitriles is 2. The molecule has 0 heterocycles. The first-order chi connectivity index (χ1) is 31.1. The van der Waals surface area contributed by atoms with Gasteiger partial charge in [0.05, 0.1) is 34.9 Å². The molecule has 0 aromatic heterocycles. The average molecular weight is 823 g/mol. The lowest BCUT2D eigenvalue weighted by Crippen LogP contribution is -2.21. The van der Waals surface area contributed by atoms with E-state index in [0.29, 0.717) is 19.3 Å². The van der Waals surface area contributed by atoms with Crippen molar-refractivity contribution in [1.29, 1.82) is 10.5 Å². The molecule has 4 nitrogen and oxygen atoms in total. The second-order valence-electron chi connectivity index (χ2n) is 14.2. The van der Waals surface area contributed by atoms with E-state index in [1.165, 1.54) is 5.39 Å². The second kappa shape index (κ2) is 23.4. The van der Waals surface area contributed by atoms with Crippen molar-refractivity contribution in [3.8, 4) is 12.1 Å². The summed E-state index contributed by atoms with van der Waals surface area (Å²) in [5.74, 6) is 0. The molecule has 7 rings (SSSR count). The molecule has 0 spiro atoms. The fourth-order valence-electron chi connectivity index (χ4n) is 8.12. The van der Waals surface area contributed by atoms with Crippen molar-refractivity contribution in [2.75, 3.05) is 9.80 Å². The van der Waals surface area contributed by atoms with Gasteiger partial charge in [0.25, 0.3) is 0 Å². The largest absolute Gasteiger partial charge is 0.313 e. The van der Waals surface area contributed by atoms with Crippen molar-refractivity contribution in [3.63, 3.8) is 0 Å². The van der Waals surface area contributed by atoms with E-state index in [9.17, 15) is 10.5 Å². The highest BCUT2D eigenvalue weighted by Gasteiger charge is 2.26. The summed E-state index contributed by atoms with van der Waals surface area (Å²) < 4.78 is 0. The molecule has 0 saturated carbocycles. The maximum absolute atomic E-state index is 9.80. The van der Waals surface area contributed by atoms with Gasteiger partial charge in [-0.1, -0.05) is 181 Å². The normalized spacial score (nSPS) is 13.0. The van der Waals surface area contributed by atoms with Gasteiger partial charge in [-0.05, 0) is 95.0 Å². The highest BCUT2D eigenvalue weighted by molar-refractivity contribution is 6.28. The predicted molar refractivity (Wildman–Crippen MR) is 275 cm³/mol. The molecule has 0 atom stereocenters. The summed E-state index contributed by atoms with van der Waals surface area (Å²) in [5, 5.41) is 26.4. The van der Waals surface area contributed by atoms with E-state index >= 15 is 0 Å². The first kappa shape index (κ1) is 46.4. The van der Waals surface area contributed by atoms with Gasteiger partial charge < -0.3 is 9.80 Å². The van der Waals surface area contributed by atoms with Crippen LogP contribution in [0.15, 0.2) is 213 Å². The van der Waals surface area contributed by atoms with Crippen molar-refractivity contribution in [3.05, 3.63) is 224 Å². The molecule has 0 aliphatic heterocycles. The summed E-state index contributed by atoms with van der Waals surface area (Å²) in [6.07, 6.45) is 26.0. The summed E-state index contributed by atoms with van der Waals surface area (Å²) in [7, 11) is 0. The topological polar surface area (TPSA) is 54.1 Å². The van der Waals surface area contributed by atoms with E-state index in [-0.39, 0.29) is 0 Å². The Morgan fingerprint density at radius 2 is 1.29 bits per heavy atom. The fraction of sp³-hybridized carbons (Fsp3) is 0.153. The summed E-state index contributed by atoms with van der Waals surface area (Å²) in [6, 6.07) is 41.4. The molecule has 0 unspecified atom stereocenters. The fourth-order valence-corrected chi connectivity index (χ4v) is 8.12. The van der Waals surface area contributed by atoms with E-state index in [0.717, 1.165) is 89.8 Å². The van der Waals surface area contributed by atoms with Crippen LogP contribution in [-0.2, 0) is 0 Å². The molecular formula is C59H58N4. The lowest BCUT2D eigenvalue weighted by atomic mass is 9.91. The van der Waals surface area contributed by atoms with Crippen LogP contribution in [0, 0.1) is 22.7 Å². The average Bonchev–Trinajstić information content (AvgIpc) is 3.34. The molecule has 0 fully saturated rings. The Balaban J connectivity index is 0.00000182. The number of hydrogen-bond acceptors (Lipinski definition) is 4. The van der Waals surface area contributed by atoms with Gasteiger partial charge >= 0.3 is 0 Å². The first-order valence-electron chi connectivity index (χ1n) is 22.0. The molecule has 1 aliphatic carbocycles. The monoisotopic (exact) mass is 822 g/mol. The third-order valence-electron chi connectivity index (χ3n) is 10.7. The van der Waals surface area contributed by atoms with Gasteiger partial charge in [0.2, 0.25) is 0 Å². The molecule has 6 aromatic rings. The van der Waals surface area contributed by atoms with Crippen LogP contribution >= 0.6 is 0 Å². The van der Waals surface area contributed by atoms with Crippen molar-refractivity contribution in [1.82, 2.24) is 0 Å². The molecule has 0 amide bonds. The zero-order chi connectivity index (χ0) is 45.1. The van der Waals surface area contributed by atoms with Gasteiger partial charge in [-0.3, -0.25) is 0 Å². The highest BCUT2D eigenvalue weighted by Crippen LogP contribution is 2.47. The van der Waals surface area contributed by atoms with Gasteiger partial charge in [-0.2, -0.15) is 10.5 Å². The van der Waals surface area contributed by atoms with E-state index < -0.39 is 0 Å². The second-order valence-corrected chi connectivity index (χ2v) is 14.2. The number of nitrogens with zero attached hydrogens (tertiary/aromatic N) is 4. The Hall–Kier alpha value is -7.66. The molecule has 314 valence electrons. The van der Waals surface area contributed by atoms with E-state index in [1.807, 2.05) is 89.3 Å². The SMILES string of the molecule is C=C/C=C\C=C(/c1ccccc1)N(/C(=C/C=C)CCC#N)c1ccc2ccc3c(N(C4=CC=C(C#N)CC4)c4ccccc4C(/C=C\C)=C/C=C)ccc4ccc1c2c43.CC.CC. The van der Waals surface area contributed by atoms with Crippen molar-refractivity contribution in [2.24, 2.45) is 0 Å². The molecule has 1 aliphatic rings. The lowest BCUT2D eigenvalue weighted by molar-refractivity contribution is 0.895. The Kier molecular flexibility index (Phi) is 17.2. The van der Waals surface area contributed by atoms with Gasteiger partial charge in [0, 0.05) is 46.1 Å². The summed E-state index contributed by atoms with van der Waals surface area (Å²) in [5.41, 5.74) is 10.1. The van der Waals surface area contributed by atoms with Crippen LogP contribution in [0.4, 0.5) is 17.1 Å². The van der Waals surface area contributed by atoms with Crippen LogP contribution < -0.4 is 9.80 Å². The van der Waals surface area contributed by atoms with Crippen molar-refractivity contribution in [2.45, 2.75) is 60.3 Å². The van der Waals surface area contributed by atoms with Crippen LogP contribution in [0.5, 0.6) is 0 Å². The van der Waals surface area contributed by atoms with Crippen LogP contribution in [0.2, 0.25) is 0 Å². The third kappa shape index (κ3) is 10.1. The van der Waals surface area contributed by atoms with E-state index in [1.54, 1.807) is 12.2 Å². The molecule has 0 bridgehead atoms. The van der Waals surface area contributed by atoms with Crippen LogP contribution in [0.25, 0.3) is 43.6 Å². The standard InChI is InChI=1S/C55H46N4.2C2H6/c1-5-9-11-24-50(42-20-12-10-13-21-42)58(45(19-8-4)22-16-38-56)52-36-30-43-29-35-49-53(37-31-44-28-34-48(52)54(43)55(44)49)59(46-32-26-40(39-57)27-33-46)51-25-15-14-23-47(51)41(17-6-2)18-7-3;2*1-2/h5-15,17-21,23-26,28-32,34-37H,1-2,4,16,22,27,33H2,3H3;2*1-2H3/b11-9-,18-7-,41-17+,45-19+,50-24+;;. The Labute approximate surface area is 375 Å². The minimum atomic E-state index is 0.353. The molecule has 0 N–H and O–H groups in total. The van der Waals surface area contributed by atoms with Gasteiger partial charge in [-0.25, -0.2) is 0 Å². The zero-order valence-corrected chi connectivity index (χ0v) is 37.5. The van der Waals surface area contributed by atoms with Crippen LogP contribution in [0.1, 0.15) is 71.4 Å². The smallest absolute Gasteiger partial charge is 0.0947 e. The lowest BCUT2D eigenvalue weighted by Gasteiger charge is -2.33. The number of benzene rings is 6. The Morgan fingerprint density at radius 3 is 1.89 bits per heavy atom. The number of para-hydroxylation sites is 1. The molecule has 63 heavy (non-hydrogen) atoms. The Morgan fingerprint density at radius 1 is 0.651 bits per heavy atom. The van der Waals surface area contributed by atoms with Gasteiger partial charge in [0.1, 0.15) is 0 Å². The van der Waals surface area contributed by atoms with Crippen molar-refractivity contribution >= 4 is 60.6 Å². The minimum Gasteiger partial charge on any atom is -0.313 e. The number of anilines is 3. The first-order valence-corrected chi connectivity index (χ1v) is 22.0. The van der Waals surface area contributed by atoms with Crippen LogP contribution in [-0.4, -0.2) is 0 Å². The van der Waals surface area contributed by atoms with Gasteiger partial charge in [0.15, 0.2) is 0 Å². The summed E-state index contributed by atoms with van der Waals surface area (Å²) in [6.45, 7) is 22.1. The molecule has 0 radical (unpaired) electrons. The maximum atomic E-state index is 9.80. The van der Waals surface area contributed by atoms with Crippen molar-refractivity contribution < 1.29 is 0 Å². The zero-order valence-electron chi connectivity index (χ0n) is 37.5. The molecule has 0 saturated heterocycles. The molecule has 4 heteroatoms.